The molecule has 9 rings (SSSR count). The molecule has 0 spiro atoms. The number of benzene rings is 4. The third-order valence-corrected chi connectivity index (χ3v) is 12.9. The van der Waals surface area contributed by atoms with E-state index in [4.69, 9.17) is 23.2 Å². The van der Waals surface area contributed by atoms with Gasteiger partial charge in [0.25, 0.3) is 11.8 Å². The number of aryl methyl sites for hydroxylation is 1. The van der Waals surface area contributed by atoms with Crippen LogP contribution in [0.1, 0.15) is 47.9 Å². The maximum absolute atomic E-state index is 15.5. The Labute approximate surface area is 340 Å². The Morgan fingerprint density at radius 2 is 1.62 bits per heavy atom. The largest absolute Gasteiger partial charge is 0.507 e. The Morgan fingerprint density at radius 3 is 2.31 bits per heavy atom. The smallest absolute Gasteiger partial charge is 0.417 e. The van der Waals surface area contributed by atoms with Gasteiger partial charge in [0.2, 0.25) is 11.8 Å². The van der Waals surface area contributed by atoms with Crippen molar-refractivity contribution in [3.8, 4) is 5.75 Å². The number of phenolic OH excluding ortho intramolecular Hbond substituents is 1. The molecule has 4 aromatic carbocycles. The summed E-state index contributed by atoms with van der Waals surface area (Å²) in [4.78, 5) is 64.3. The summed E-state index contributed by atoms with van der Waals surface area (Å²) >= 11 is 12.7. The number of imide groups is 2. The van der Waals surface area contributed by atoms with E-state index in [1.54, 1.807) is 60.7 Å². The molecule has 9 nitrogen and oxygen atoms in total. The Hall–Kier alpha value is -5.72. The number of fused-ring (bicyclic) bond motifs is 5. The molecular formula is C44H33Cl2F3N4O5. The second-order valence-corrected chi connectivity index (χ2v) is 16.0. The average Bonchev–Trinajstić information content (AvgIpc) is 3.59. The quantitative estimate of drug-likeness (QED) is 0.130. The molecule has 5 aromatic rings. The van der Waals surface area contributed by atoms with Crippen LogP contribution in [0.3, 0.4) is 0 Å². The molecule has 6 atom stereocenters. The second-order valence-electron chi connectivity index (χ2n) is 15.2. The van der Waals surface area contributed by atoms with E-state index in [1.807, 2.05) is 37.3 Å². The molecule has 4 amide bonds. The predicted octanol–water partition coefficient (Wildman–Crippen LogP) is 9.02. The summed E-state index contributed by atoms with van der Waals surface area (Å²) in [6.07, 6.45) is -1.48. The van der Waals surface area contributed by atoms with Crippen molar-refractivity contribution in [2.75, 3.05) is 10.3 Å². The van der Waals surface area contributed by atoms with Gasteiger partial charge in [-0.2, -0.15) is 18.2 Å². The van der Waals surface area contributed by atoms with Crippen molar-refractivity contribution in [2.24, 2.45) is 23.7 Å². The van der Waals surface area contributed by atoms with Crippen LogP contribution < -0.4 is 10.3 Å². The number of allylic oxidation sites excluding steroid dienone is 2. The highest BCUT2D eigenvalue weighted by Gasteiger charge is 2.70. The summed E-state index contributed by atoms with van der Waals surface area (Å²) in [7, 11) is 0. The number of carbonyl (C=O) groups excluding carboxylic acids is 4. The summed E-state index contributed by atoms with van der Waals surface area (Å²) in [6, 6.07) is 25.0. The van der Waals surface area contributed by atoms with Gasteiger partial charge in [-0.25, -0.2) is 4.98 Å². The zero-order valence-corrected chi connectivity index (χ0v) is 32.1. The minimum Gasteiger partial charge on any atom is -0.507 e. The normalized spacial score (nSPS) is 25.5. The number of rotatable bonds is 6. The molecule has 4 aliphatic rings. The Bertz CT molecular complexity index is 2600. The van der Waals surface area contributed by atoms with Crippen LogP contribution in [-0.2, 0) is 37.2 Å². The zero-order valence-electron chi connectivity index (χ0n) is 30.6. The van der Waals surface area contributed by atoms with Crippen LogP contribution in [0, 0.1) is 23.7 Å². The van der Waals surface area contributed by atoms with Gasteiger partial charge in [-0.3, -0.25) is 29.5 Å². The summed E-state index contributed by atoms with van der Waals surface area (Å²) < 4.78 is 40.7. The number of halogens is 5. The van der Waals surface area contributed by atoms with Crippen molar-refractivity contribution >= 4 is 69.1 Å². The van der Waals surface area contributed by atoms with Crippen LogP contribution in [0.5, 0.6) is 5.75 Å². The SMILES string of the molecule is CCc1ccc(N2C(=O)C3CC=C4C(CC5C(=O)N(Nc6ncc(C(F)(F)F)cc6Cl)C(=O)C5(c5ccc(Cl)cc5)C4c4ccc5ccccc5c4O)C3C2=O)cc1. The monoisotopic (exact) mass is 824 g/mol. The van der Waals surface area contributed by atoms with Crippen LogP contribution in [0.15, 0.2) is 109 Å². The molecule has 2 aliphatic heterocycles. The second kappa shape index (κ2) is 13.7. The Kier molecular flexibility index (Phi) is 8.94. The molecule has 2 N–H and O–H groups in total. The van der Waals surface area contributed by atoms with Crippen LogP contribution in [0.2, 0.25) is 10.0 Å². The van der Waals surface area contributed by atoms with E-state index >= 15 is 4.79 Å². The summed E-state index contributed by atoms with van der Waals surface area (Å²) in [5, 5.41) is 14.0. The van der Waals surface area contributed by atoms with Crippen LogP contribution in [0.25, 0.3) is 10.8 Å². The highest BCUT2D eigenvalue weighted by molar-refractivity contribution is 6.33. The maximum Gasteiger partial charge on any atom is 0.417 e. The first-order valence-corrected chi connectivity index (χ1v) is 19.5. The van der Waals surface area contributed by atoms with Gasteiger partial charge in [-0.1, -0.05) is 102 Å². The molecule has 2 aliphatic carbocycles. The highest BCUT2D eigenvalue weighted by atomic mass is 35.5. The Balaban J connectivity index is 1.24. The summed E-state index contributed by atoms with van der Waals surface area (Å²) in [6.45, 7) is 2.00. The first-order chi connectivity index (χ1) is 27.7. The number of amides is 4. The molecule has 3 heterocycles. The molecule has 1 saturated carbocycles. The lowest BCUT2D eigenvalue weighted by Crippen LogP contribution is -2.53. The van der Waals surface area contributed by atoms with Crippen molar-refractivity contribution in [2.45, 2.75) is 43.7 Å². The van der Waals surface area contributed by atoms with E-state index in [-0.39, 0.29) is 30.3 Å². The first kappa shape index (κ1) is 37.8. The minimum absolute atomic E-state index is 0.0565. The fourth-order valence-corrected chi connectivity index (χ4v) is 10.1. The van der Waals surface area contributed by atoms with Gasteiger partial charge in [-0.05, 0) is 72.0 Å². The molecular weight excluding hydrogens is 792 g/mol. The number of hydrogen-bond donors (Lipinski definition) is 2. The minimum atomic E-state index is -4.76. The fraction of sp³-hybridized carbons (Fsp3) is 0.250. The van der Waals surface area contributed by atoms with Gasteiger partial charge in [0.1, 0.15) is 5.75 Å². The molecule has 0 radical (unpaired) electrons. The molecule has 6 unspecified atom stereocenters. The number of nitrogens with one attached hydrogen (secondary N) is 1. The molecule has 294 valence electrons. The van der Waals surface area contributed by atoms with Gasteiger partial charge >= 0.3 is 6.18 Å². The zero-order chi connectivity index (χ0) is 40.8. The van der Waals surface area contributed by atoms with Gasteiger partial charge in [-0.15, -0.1) is 0 Å². The predicted molar refractivity (Wildman–Crippen MR) is 211 cm³/mol. The summed E-state index contributed by atoms with van der Waals surface area (Å²) in [5.74, 6) is -7.53. The van der Waals surface area contributed by atoms with E-state index in [9.17, 15) is 32.7 Å². The first-order valence-electron chi connectivity index (χ1n) is 18.8. The molecule has 58 heavy (non-hydrogen) atoms. The van der Waals surface area contributed by atoms with Gasteiger partial charge in [0, 0.05) is 28.1 Å². The Morgan fingerprint density at radius 1 is 0.897 bits per heavy atom. The third-order valence-electron chi connectivity index (χ3n) is 12.4. The van der Waals surface area contributed by atoms with Crippen LogP contribution in [-0.4, -0.2) is 38.7 Å². The molecule has 14 heteroatoms. The van der Waals surface area contributed by atoms with Gasteiger partial charge < -0.3 is 5.11 Å². The number of hydrazine groups is 1. The summed E-state index contributed by atoms with van der Waals surface area (Å²) in [5.41, 5.74) is 2.46. The average molecular weight is 826 g/mol. The number of hydrogen-bond acceptors (Lipinski definition) is 7. The van der Waals surface area contributed by atoms with Crippen molar-refractivity contribution < 1.29 is 37.5 Å². The number of phenols is 1. The third kappa shape index (κ3) is 5.55. The van der Waals surface area contributed by atoms with E-state index in [2.05, 4.69) is 10.4 Å². The number of anilines is 2. The van der Waals surface area contributed by atoms with Crippen molar-refractivity contribution in [3.05, 3.63) is 141 Å². The van der Waals surface area contributed by atoms with Crippen molar-refractivity contribution in [1.29, 1.82) is 0 Å². The number of aromatic hydroxyl groups is 1. The van der Waals surface area contributed by atoms with Crippen LogP contribution in [0.4, 0.5) is 24.7 Å². The number of aromatic nitrogens is 1. The standard InChI is InChI=1S/C44H33Cl2F3N4O5/c1-2-22-7-14-27(15-8-22)52-39(55)30-18-17-29-32(35(30)41(52)57)20-33-40(56)53(51-38-34(46)19-25(21-50-38)44(47,48)49)42(58)43(33,24-10-12-26(45)13-11-24)36(29)31-16-9-23-5-3-4-6-28(23)37(31)54/h3-17,19,21,30,32-33,35-36,54H,2,18,20H2,1H3,(H,50,51). The maximum atomic E-state index is 15.5. The van der Waals surface area contributed by atoms with Crippen molar-refractivity contribution in [1.82, 2.24) is 9.99 Å². The van der Waals surface area contributed by atoms with E-state index in [1.165, 1.54) is 4.90 Å². The topological polar surface area (TPSA) is 120 Å². The fourth-order valence-electron chi connectivity index (χ4n) is 9.77. The highest BCUT2D eigenvalue weighted by Crippen LogP contribution is 2.65. The lowest BCUT2D eigenvalue weighted by molar-refractivity contribution is -0.139. The van der Waals surface area contributed by atoms with E-state index in [0.717, 1.165) is 17.0 Å². The number of carbonyl (C=O) groups is 4. The molecule has 2 saturated heterocycles. The van der Waals surface area contributed by atoms with Crippen molar-refractivity contribution in [3.63, 3.8) is 0 Å². The number of nitrogens with zero attached hydrogens (tertiary/aromatic N) is 3. The lowest BCUT2D eigenvalue weighted by atomic mass is 9.49. The molecule has 0 bridgehead atoms. The van der Waals surface area contributed by atoms with Crippen LogP contribution >= 0.6 is 23.2 Å². The van der Waals surface area contributed by atoms with Gasteiger partial charge in [0.15, 0.2) is 5.82 Å². The number of pyridine rings is 1. The molecule has 1 aromatic heterocycles. The lowest BCUT2D eigenvalue weighted by Gasteiger charge is -2.50. The molecule has 3 fully saturated rings. The number of alkyl halides is 3. The van der Waals surface area contributed by atoms with Gasteiger partial charge in [0.05, 0.1) is 39.4 Å². The van der Waals surface area contributed by atoms with E-state index < -0.39 is 69.5 Å². The van der Waals surface area contributed by atoms with E-state index in [0.29, 0.717) is 50.4 Å².